The SMILES string of the molecule is CNS(=O)(=O)c1ccc(N(CC(F)(F)F)C2CC2)cc1N. The molecule has 0 spiro atoms. The van der Waals surface area contributed by atoms with E-state index < -0.39 is 22.7 Å². The highest BCUT2D eigenvalue weighted by Gasteiger charge is 2.38. The number of nitrogens with one attached hydrogen (secondary N) is 1. The number of benzene rings is 1. The van der Waals surface area contributed by atoms with Crippen molar-refractivity contribution >= 4 is 21.4 Å². The number of sulfonamides is 1. The highest BCUT2D eigenvalue weighted by atomic mass is 32.2. The van der Waals surface area contributed by atoms with E-state index in [9.17, 15) is 21.6 Å². The number of nitrogen functional groups attached to an aromatic ring is 1. The van der Waals surface area contributed by atoms with Crippen LogP contribution in [-0.4, -0.2) is 34.2 Å². The van der Waals surface area contributed by atoms with Gasteiger partial charge in [-0.2, -0.15) is 13.2 Å². The van der Waals surface area contributed by atoms with Gasteiger partial charge >= 0.3 is 6.18 Å². The Hall–Kier alpha value is -1.48. The third-order valence-electron chi connectivity index (χ3n) is 3.22. The van der Waals surface area contributed by atoms with E-state index in [0.29, 0.717) is 12.8 Å². The molecule has 2 rings (SSSR count). The molecule has 0 unspecified atom stereocenters. The van der Waals surface area contributed by atoms with Gasteiger partial charge in [-0.1, -0.05) is 0 Å². The van der Waals surface area contributed by atoms with Crippen LogP contribution < -0.4 is 15.4 Å². The van der Waals surface area contributed by atoms with Crippen LogP contribution in [0, 0.1) is 0 Å². The number of hydrogen-bond donors (Lipinski definition) is 2. The summed E-state index contributed by atoms with van der Waals surface area (Å²) >= 11 is 0. The van der Waals surface area contributed by atoms with Gasteiger partial charge < -0.3 is 10.6 Å². The van der Waals surface area contributed by atoms with Crippen LogP contribution >= 0.6 is 0 Å². The molecule has 0 atom stereocenters. The maximum absolute atomic E-state index is 12.6. The summed E-state index contributed by atoms with van der Waals surface area (Å²) < 4.78 is 63.4. The summed E-state index contributed by atoms with van der Waals surface area (Å²) in [7, 11) is -2.49. The fraction of sp³-hybridized carbons (Fsp3) is 0.500. The van der Waals surface area contributed by atoms with Gasteiger partial charge in [-0.25, -0.2) is 13.1 Å². The number of hydrogen-bond acceptors (Lipinski definition) is 4. The van der Waals surface area contributed by atoms with Gasteiger partial charge in [-0.15, -0.1) is 0 Å². The minimum Gasteiger partial charge on any atom is -0.398 e. The smallest absolute Gasteiger partial charge is 0.398 e. The second-order valence-corrected chi connectivity index (χ2v) is 6.76. The third-order valence-corrected chi connectivity index (χ3v) is 4.71. The van der Waals surface area contributed by atoms with Gasteiger partial charge in [0.1, 0.15) is 11.4 Å². The molecule has 1 fully saturated rings. The van der Waals surface area contributed by atoms with Crippen LogP contribution in [0.5, 0.6) is 0 Å². The second kappa shape index (κ2) is 5.38. The first-order valence-corrected chi connectivity index (χ1v) is 7.79. The molecular formula is C12H16F3N3O2S. The van der Waals surface area contributed by atoms with Gasteiger partial charge in [0.2, 0.25) is 10.0 Å². The van der Waals surface area contributed by atoms with Crippen LogP contribution in [0.3, 0.4) is 0 Å². The fourth-order valence-electron chi connectivity index (χ4n) is 2.08. The van der Waals surface area contributed by atoms with Crippen molar-refractivity contribution in [1.82, 2.24) is 4.72 Å². The quantitative estimate of drug-likeness (QED) is 0.809. The number of nitrogens with zero attached hydrogens (tertiary/aromatic N) is 1. The fourth-order valence-corrected chi connectivity index (χ4v) is 2.92. The van der Waals surface area contributed by atoms with Gasteiger partial charge in [-0.05, 0) is 38.1 Å². The number of anilines is 2. The molecule has 1 aromatic carbocycles. The van der Waals surface area contributed by atoms with Crippen molar-refractivity contribution in [3.8, 4) is 0 Å². The Kier molecular flexibility index (Phi) is 4.07. The molecule has 1 aliphatic rings. The number of halogens is 3. The minimum atomic E-state index is -4.33. The van der Waals surface area contributed by atoms with E-state index in [1.165, 1.54) is 30.1 Å². The number of nitrogens with two attached hydrogens (primary N) is 1. The standard InChI is InChI=1S/C12H16F3N3O2S/c1-17-21(19,20)11-5-4-9(6-10(11)16)18(8-2-3-8)7-12(13,14)15/h4-6,8,17H,2-3,7,16H2,1H3. The van der Waals surface area contributed by atoms with Crippen molar-refractivity contribution in [2.24, 2.45) is 0 Å². The van der Waals surface area contributed by atoms with E-state index >= 15 is 0 Å². The average Bonchev–Trinajstić information content (AvgIpc) is 3.18. The predicted octanol–water partition coefficient (Wildman–Crippen LogP) is 1.71. The van der Waals surface area contributed by atoms with Crippen molar-refractivity contribution in [2.45, 2.75) is 30.0 Å². The Balaban J connectivity index is 2.33. The lowest BCUT2D eigenvalue weighted by molar-refractivity contribution is -0.120. The van der Waals surface area contributed by atoms with Crippen molar-refractivity contribution in [3.05, 3.63) is 18.2 Å². The Morgan fingerprint density at radius 2 is 2.00 bits per heavy atom. The van der Waals surface area contributed by atoms with Crippen LogP contribution in [0.4, 0.5) is 24.5 Å². The van der Waals surface area contributed by atoms with Crippen LogP contribution in [0.2, 0.25) is 0 Å². The van der Waals surface area contributed by atoms with E-state index in [0.717, 1.165) is 0 Å². The molecule has 1 saturated carbocycles. The molecule has 1 aromatic rings. The third kappa shape index (κ3) is 3.79. The van der Waals surface area contributed by atoms with Crippen molar-refractivity contribution < 1.29 is 21.6 Å². The van der Waals surface area contributed by atoms with Gasteiger partial charge in [0, 0.05) is 11.7 Å². The summed E-state index contributed by atoms with van der Waals surface area (Å²) in [5.41, 5.74) is 5.88. The van der Waals surface area contributed by atoms with Crippen molar-refractivity contribution in [2.75, 3.05) is 24.2 Å². The highest BCUT2D eigenvalue weighted by Crippen LogP contribution is 2.36. The summed E-state index contributed by atoms with van der Waals surface area (Å²) in [5, 5.41) is 0. The van der Waals surface area contributed by atoms with Gasteiger partial charge in [0.05, 0.1) is 5.69 Å². The molecular weight excluding hydrogens is 307 g/mol. The molecule has 0 amide bonds. The molecule has 0 saturated heterocycles. The lowest BCUT2D eigenvalue weighted by Crippen LogP contribution is -2.36. The first kappa shape index (κ1) is 15.9. The van der Waals surface area contributed by atoms with E-state index in [1.54, 1.807) is 0 Å². The first-order chi connectivity index (χ1) is 9.64. The minimum absolute atomic E-state index is 0.0744. The first-order valence-electron chi connectivity index (χ1n) is 6.30. The largest absolute Gasteiger partial charge is 0.405 e. The molecule has 3 N–H and O–H groups in total. The summed E-state index contributed by atoms with van der Waals surface area (Å²) in [4.78, 5) is 1.07. The topological polar surface area (TPSA) is 75.4 Å². The Labute approximate surface area is 121 Å². The zero-order valence-electron chi connectivity index (χ0n) is 11.3. The average molecular weight is 323 g/mol. The van der Waals surface area contributed by atoms with Crippen molar-refractivity contribution in [3.63, 3.8) is 0 Å². The molecule has 0 radical (unpaired) electrons. The van der Waals surface area contributed by atoms with Gasteiger partial charge in [0.15, 0.2) is 0 Å². The van der Waals surface area contributed by atoms with Crippen molar-refractivity contribution in [1.29, 1.82) is 0 Å². The van der Waals surface area contributed by atoms with E-state index in [-0.39, 0.29) is 22.3 Å². The second-order valence-electron chi connectivity index (χ2n) is 4.90. The van der Waals surface area contributed by atoms with Gasteiger partial charge in [0.25, 0.3) is 0 Å². The monoisotopic (exact) mass is 323 g/mol. The van der Waals surface area contributed by atoms with E-state index in [2.05, 4.69) is 4.72 Å². The lowest BCUT2D eigenvalue weighted by Gasteiger charge is -2.26. The molecule has 118 valence electrons. The zero-order chi connectivity index (χ0) is 15.8. The normalized spacial score (nSPS) is 16.0. The number of rotatable bonds is 5. The predicted molar refractivity (Wildman–Crippen MR) is 73.5 cm³/mol. The van der Waals surface area contributed by atoms with Crippen LogP contribution in [0.1, 0.15) is 12.8 Å². The van der Waals surface area contributed by atoms with E-state index in [4.69, 9.17) is 5.73 Å². The highest BCUT2D eigenvalue weighted by molar-refractivity contribution is 7.89. The lowest BCUT2D eigenvalue weighted by atomic mass is 10.2. The van der Waals surface area contributed by atoms with Gasteiger partial charge in [-0.3, -0.25) is 0 Å². The van der Waals surface area contributed by atoms with Crippen LogP contribution in [0.15, 0.2) is 23.1 Å². The van der Waals surface area contributed by atoms with Crippen LogP contribution in [0.25, 0.3) is 0 Å². The summed E-state index contributed by atoms with van der Waals surface area (Å²) in [5.74, 6) is 0. The Morgan fingerprint density at radius 3 is 2.43 bits per heavy atom. The Bertz CT molecular complexity index is 627. The molecule has 0 heterocycles. The molecule has 9 heteroatoms. The summed E-state index contributed by atoms with van der Waals surface area (Å²) in [6.45, 7) is -1.07. The van der Waals surface area contributed by atoms with Crippen LogP contribution in [-0.2, 0) is 10.0 Å². The van der Waals surface area contributed by atoms with E-state index in [1.807, 2.05) is 0 Å². The maximum atomic E-state index is 12.6. The molecule has 21 heavy (non-hydrogen) atoms. The molecule has 1 aliphatic carbocycles. The molecule has 5 nitrogen and oxygen atoms in total. The number of alkyl halides is 3. The Morgan fingerprint density at radius 1 is 1.38 bits per heavy atom. The molecule has 0 aliphatic heterocycles. The zero-order valence-corrected chi connectivity index (χ0v) is 12.1. The maximum Gasteiger partial charge on any atom is 0.405 e. The summed E-state index contributed by atoms with van der Waals surface area (Å²) in [6.07, 6.45) is -2.95. The molecule has 0 aromatic heterocycles. The summed E-state index contributed by atoms with van der Waals surface area (Å²) in [6, 6.07) is 3.68. The molecule has 0 bridgehead atoms.